The number of thiazole rings is 1. The molecule has 2 rings (SSSR count). The Hall–Kier alpha value is -1.42. The van der Waals surface area contributed by atoms with E-state index < -0.39 is 5.82 Å². The molecule has 2 nitrogen and oxygen atoms in total. The maximum Gasteiger partial charge on any atom is 0.127 e. The van der Waals surface area contributed by atoms with Crippen molar-refractivity contribution in [3.05, 3.63) is 35.6 Å². The molecule has 1 heterocycles. The van der Waals surface area contributed by atoms with Gasteiger partial charge in [-0.05, 0) is 12.1 Å². The lowest BCUT2D eigenvalue weighted by Gasteiger charge is -1.97. The molecular formula is C9H6FNOS. The molecule has 1 aromatic heterocycles. The van der Waals surface area contributed by atoms with Gasteiger partial charge in [0.2, 0.25) is 0 Å². The van der Waals surface area contributed by atoms with Crippen LogP contribution in [0.5, 0.6) is 5.75 Å². The van der Waals surface area contributed by atoms with Gasteiger partial charge in [-0.25, -0.2) is 9.37 Å². The first-order valence-electron chi connectivity index (χ1n) is 3.65. The van der Waals surface area contributed by atoms with Crippen LogP contribution in [0.4, 0.5) is 4.39 Å². The maximum atomic E-state index is 12.8. The molecule has 0 saturated carbocycles. The monoisotopic (exact) mass is 195 g/mol. The number of aromatic hydroxyl groups is 1. The molecule has 0 fully saturated rings. The van der Waals surface area contributed by atoms with Crippen LogP contribution in [-0.4, -0.2) is 10.1 Å². The molecular weight excluding hydrogens is 189 g/mol. The second-order valence-electron chi connectivity index (χ2n) is 2.54. The minimum Gasteiger partial charge on any atom is -0.508 e. The highest BCUT2D eigenvalue weighted by Crippen LogP contribution is 2.26. The third-order valence-corrected chi connectivity index (χ3v) is 2.38. The molecule has 1 N–H and O–H groups in total. The first-order valence-corrected chi connectivity index (χ1v) is 4.53. The van der Waals surface area contributed by atoms with Gasteiger partial charge < -0.3 is 5.11 Å². The third-order valence-electron chi connectivity index (χ3n) is 1.56. The number of phenolic OH excluding ortho intramolecular Hbond substituents is 1. The van der Waals surface area contributed by atoms with Crippen LogP contribution in [0.1, 0.15) is 0 Å². The van der Waals surface area contributed by atoms with E-state index in [1.54, 1.807) is 11.6 Å². The van der Waals surface area contributed by atoms with E-state index >= 15 is 0 Å². The van der Waals surface area contributed by atoms with Crippen LogP contribution in [0.2, 0.25) is 0 Å². The van der Waals surface area contributed by atoms with Crippen molar-refractivity contribution in [1.82, 2.24) is 4.98 Å². The quantitative estimate of drug-likeness (QED) is 0.758. The standard InChI is InChI=1S/C9H6FNOS/c10-7-3-6(4-8(12)5-7)9-11-1-2-13-9/h1-5,12H. The second kappa shape index (κ2) is 3.14. The Morgan fingerprint density at radius 1 is 1.31 bits per heavy atom. The lowest BCUT2D eigenvalue weighted by Crippen LogP contribution is -1.78. The zero-order valence-corrected chi connectivity index (χ0v) is 7.38. The number of rotatable bonds is 1. The highest BCUT2D eigenvalue weighted by molar-refractivity contribution is 7.13. The largest absolute Gasteiger partial charge is 0.508 e. The smallest absolute Gasteiger partial charge is 0.127 e. The molecule has 0 aliphatic rings. The third kappa shape index (κ3) is 1.67. The Kier molecular flexibility index (Phi) is 1.98. The molecule has 2 aromatic rings. The minimum absolute atomic E-state index is 0.0785. The average Bonchev–Trinajstić information content (AvgIpc) is 2.53. The molecule has 0 unspecified atom stereocenters. The Balaban J connectivity index is 2.53. The fourth-order valence-electron chi connectivity index (χ4n) is 1.06. The van der Waals surface area contributed by atoms with Crippen molar-refractivity contribution in [1.29, 1.82) is 0 Å². The van der Waals surface area contributed by atoms with Crippen molar-refractivity contribution >= 4 is 11.3 Å². The Bertz CT molecular complexity index is 393. The van der Waals surface area contributed by atoms with Crippen molar-refractivity contribution in [2.45, 2.75) is 0 Å². The second-order valence-corrected chi connectivity index (χ2v) is 3.43. The lowest BCUT2D eigenvalue weighted by molar-refractivity contribution is 0.469. The van der Waals surface area contributed by atoms with E-state index in [2.05, 4.69) is 4.98 Å². The van der Waals surface area contributed by atoms with Crippen LogP contribution in [-0.2, 0) is 0 Å². The van der Waals surface area contributed by atoms with Crippen LogP contribution >= 0.6 is 11.3 Å². The highest BCUT2D eigenvalue weighted by Gasteiger charge is 2.03. The molecule has 0 bridgehead atoms. The number of aromatic nitrogens is 1. The van der Waals surface area contributed by atoms with Gasteiger partial charge in [0.05, 0.1) is 0 Å². The van der Waals surface area contributed by atoms with E-state index in [9.17, 15) is 4.39 Å². The van der Waals surface area contributed by atoms with E-state index in [0.717, 1.165) is 6.07 Å². The van der Waals surface area contributed by atoms with Gasteiger partial charge in [-0.2, -0.15) is 0 Å². The maximum absolute atomic E-state index is 12.8. The summed E-state index contributed by atoms with van der Waals surface area (Å²) in [5.74, 6) is -0.532. The summed E-state index contributed by atoms with van der Waals surface area (Å²) < 4.78 is 12.8. The number of halogens is 1. The summed E-state index contributed by atoms with van der Waals surface area (Å²) in [7, 11) is 0. The number of benzene rings is 1. The number of nitrogens with zero attached hydrogens (tertiary/aromatic N) is 1. The Labute approximate surface area is 78.3 Å². The van der Waals surface area contributed by atoms with Crippen LogP contribution in [0.15, 0.2) is 29.8 Å². The van der Waals surface area contributed by atoms with E-state index in [4.69, 9.17) is 5.11 Å². The predicted molar refractivity (Wildman–Crippen MR) is 49.2 cm³/mol. The Morgan fingerprint density at radius 2 is 2.15 bits per heavy atom. The fraction of sp³-hybridized carbons (Fsp3) is 0. The Morgan fingerprint density at radius 3 is 2.77 bits per heavy atom. The topological polar surface area (TPSA) is 33.1 Å². The van der Waals surface area contributed by atoms with Crippen LogP contribution in [0.3, 0.4) is 0 Å². The minimum atomic E-state index is -0.454. The highest BCUT2D eigenvalue weighted by atomic mass is 32.1. The molecule has 0 atom stereocenters. The number of phenols is 1. The van der Waals surface area contributed by atoms with Crippen molar-refractivity contribution in [3.8, 4) is 16.3 Å². The van der Waals surface area contributed by atoms with E-state index in [0.29, 0.717) is 10.6 Å². The van der Waals surface area contributed by atoms with Crippen LogP contribution in [0, 0.1) is 5.82 Å². The molecule has 0 saturated heterocycles. The number of hydrogen-bond acceptors (Lipinski definition) is 3. The van der Waals surface area contributed by atoms with Gasteiger partial charge in [0.25, 0.3) is 0 Å². The van der Waals surface area contributed by atoms with Gasteiger partial charge in [-0.1, -0.05) is 0 Å². The summed E-state index contributed by atoms with van der Waals surface area (Å²) in [5.41, 5.74) is 0.604. The van der Waals surface area contributed by atoms with Crippen molar-refractivity contribution in [2.24, 2.45) is 0 Å². The summed E-state index contributed by atoms with van der Waals surface area (Å²) in [4.78, 5) is 4.01. The van der Waals surface area contributed by atoms with Gasteiger partial charge in [0, 0.05) is 23.2 Å². The fourth-order valence-corrected chi connectivity index (χ4v) is 1.69. The van der Waals surface area contributed by atoms with Crippen molar-refractivity contribution < 1.29 is 9.50 Å². The lowest BCUT2D eigenvalue weighted by atomic mass is 10.2. The van der Waals surface area contributed by atoms with E-state index in [1.165, 1.54) is 23.5 Å². The average molecular weight is 195 g/mol. The molecule has 0 aliphatic heterocycles. The summed E-state index contributed by atoms with van der Waals surface area (Å²) >= 11 is 1.40. The summed E-state index contributed by atoms with van der Waals surface area (Å²) in [5, 5.41) is 11.6. The molecule has 0 amide bonds. The van der Waals surface area contributed by atoms with Gasteiger partial charge >= 0.3 is 0 Å². The molecule has 66 valence electrons. The molecule has 1 aromatic carbocycles. The predicted octanol–water partition coefficient (Wildman–Crippen LogP) is 2.65. The van der Waals surface area contributed by atoms with Crippen LogP contribution in [0.25, 0.3) is 10.6 Å². The number of hydrogen-bond donors (Lipinski definition) is 1. The molecule has 0 spiro atoms. The first-order chi connectivity index (χ1) is 6.25. The van der Waals surface area contributed by atoms with E-state index in [1.807, 2.05) is 0 Å². The molecule has 0 radical (unpaired) electrons. The SMILES string of the molecule is Oc1cc(F)cc(-c2nccs2)c1. The van der Waals surface area contributed by atoms with Crippen LogP contribution < -0.4 is 0 Å². The zero-order valence-electron chi connectivity index (χ0n) is 6.57. The normalized spacial score (nSPS) is 10.2. The van der Waals surface area contributed by atoms with Gasteiger partial charge in [-0.15, -0.1) is 11.3 Å². The van der Waals surface area contributed by atoms with Gasteiger partial charge in [-0.3, -0.25) is 0 Å². The van der Waals surface area contributed by atoms with Crippen molar-refractivity contribution in [2.75, 3.05) is 0 Å². The van der Waals surface area contributed by atoms with Crippen molar-refractivity contribution in [3.63, 3.8) is 0 Å². The molecule has 0 aliphatic carbocycles. The molecule has 4 heteroatoms. The zero-order chi connectivity index (χ0) is 9.26. The van der Waals surface area contributed by atoms with Gasteiger partial charge in [0.1, 0.15) is 16.6 Å². The van der Waals surface area contributed by atoms with Gasteiger partial charge in [0.15, 0.2) is 0 Å². The molecule has 13 heavy (non-hydrogen) atoms. The van der Waals surface area contributed by atoms with E-state index in [-0.39, 0.29) is 5.75 Å². The summed E-state index contributed by atoms with van der Waals surface area (Å²) in [6.45, 7) is 0. The summed E-state index contributed by atoms with van der Waals surface area (Å²) in [6.07, 6.45) is 1.64. The summed E-state index contributed by atoms with van der Waals surface area (Å²) in [6, 6.07) is 3.90. The first kappa shape index (κ1) is 8.19.